The smallest absolute Gasteiger partial charge is 0.190 e. The Morgan fingerprint density at radius 2 is 2.16 bits per heavy atom. The second kappa shape index (κ2) is 11.0. The maximum atomic E-state index is 6.05. The van der Waals surface area contributed by atoms with E-state index in [9.17, 15) is 0 Å². The molecule has 7 heteroatoms. The van der Waals surface area contributed by atoms with Crippen LogP contribution in [0.4, 0.5) is 0 Å². The van der Waals surface area contributed by atoms with E-state index in [2.05, 4.69) is 45.9 Å². The van der Waals surface area contributed by atoms with Gasteiger partial charge in [0.15, 0.2) is 5.96 Å². The molecule has 1 saturated heterocycles. The van der Waals surface area contributed by atoms with Gasteiger partial charge in [-0.15, -0.1) is 24.0 Å². The van der Waals surface area contributed by atoms with Crippen LogP contribution in [0, 0.1) is 11.3 Å². The van der Waals surface area contributed by atoms with Gasteiger partial charge in [0, 0.05) is 51.6 Å². The third kappa shape index (κ3) is 7.52. The standard InChI is InChI=1S/C18H33N5O.HI/c1-18(2,3)16-15(7-5-12-24-16)13-22-17(19-4)21-8-6-10-23-11-9-20-14-23;/h9,11,14-16H,5-8,10,12-13H2,1-4H3,(H2,19,21,22);1H. The molecule has 0 aliphatic carbocycles. The molecule has 2 N–H and O–H groups in total. The first-order valence-electron chi connectivity index (χ1n) is 9.02. The van der Waals surface area contributed by atoms with Gasteiger partial charge in [-0.2, -0.15) is 0 Å². The molecule has 1 fully saturated rings. The molecule has 0 amide bonds. The summed E-state index contributed by atoms with van der Waals surface area (Å²) in [6, 6.07) is 0. The molecule has 2 rings (SSSR count). The van der Waals surface area contributed by atoms with Gasteiger partial charge < -0.3 is 19.9 Å². The van der Waals surface area contributed by atoms with E-state index in [0.717, 1.165) is 45.0 Å². The monoisotopic (exact) mass is 463 g/mol. The molecule has 2 heterocycles. The van der Waals surface area contributed by atoms with Gasteiger partial charge in [0.2, 0.25) is 0 Å². The molecule has 0 bridgehead atoms. The van der Waals surface area contributed by atoms with Gasteiger partial charge in [-0.05, 0) is 24.7 Å². The maximum Gasteiger partial charge on any atom is 0.190 e. The molecule has 0 spiro atoms. The highest BCUT2D eigenvalue weighted by Crippen LogP contribution is 2.33. The summed E-state index contributed by atoms with van der Waals surface area (Å²) in [5, 5.41) is 6.86. The summed E-state index contributed by atoms with van der Waals surface area (Å²) in [7, 11) is 1.82. The van der Waals surface area contributed by atoms with E-state index >= 15 is 0 Å². The van der Waals surface area contributed by atoms with E-state index in [1.807, 2.05) is 25.8 Å². The van der Waals surface area contributed by atoms with Crippen molar-refractivity contribution in [2.45, 2.75) is 52.7 Å². The molecule has 0 radical (unpaired) electrons. The second-order valence-electron chi connectivity index (χ2n) is 7.59. The fourth-order valence-electron chi connectivity index (χ4n) is 3.35. The Balaban J connectivity index is 0.00000312. The number of aromatic nitrogens is 2. The number of nitrogens with zero attached hydrogens (tertiary/aromatic N) is 3. The Labute approximate surface area is 169 Å². The number of hydrogen-bond acceptors (Lipinski definition) is 3. The first-order valence-corrected chi connectivity index (χ1v) is 9.02. The Hall–Kier alpha value is -0.830. The quantitative estimate of drug-likeness (QED) is 0.295. The predicted molar refractivity (Wildman–Crippen MR) is 114 cm³/mol. The summed E-state index contributed by atoms with van der Waals surface area (Å²) in [6.45, 7) is 10.4. The number of halogens is 1. The lowest BCUT2D eigenvalue weighted by Crippen LogP contribution is -2.47. The Bertz CT molecular complexity index is 498. The van der Waals surface area contributed by atoms with Gasteiger partial charge in [-0.25, -0.2) is 4.98 Å². The summed E-state index contributed by atoms with van der Waals surface area (Å²) in [5.74, 6) is 1.40. The zero-order valence-electron chi connectivity index (χ0n) is 16.0. The van der Waals surface area contributed by atoms with Crippen molar-refractivity contribution in [2.24, 2.45) is 16.3 Å². The van der Waals surface area contributed by atoms with Gasteiger partial charge >= 0.3 is 0 Å². The van der Waals surface area contributed by atoms with E-state index in [0.29, 0.717) is 12.0 Å². The second-order valence-corrected chi connectivity index (χ2v) is 7.59. The van der Waals surface area contributed by atoms with E-state index in [1.165, 1.54) is 6.42 Å². The van der Waals surface area contributed by atoms with Crippen molar-refractivity contribution in [1.29, 1.82) is 0 Å². The van der Waals surface area contributed by atoms with Gasteiger partial charge in [0.25, 0.3) is 0 Å². The molecule has 144 valence electrons. The van der Waals surface area contributed by atoms with Crippen LogP contribution in [0.5, 0.6) is 0 Å². The first kappa shape index (κ1) is 22.2. The van der Waals surface area contributed by atoms with Gasteiger partial charge in [0.1, 0.15) is 0 Å². The average molecular weight is 463 g/mol. The van der Waals surface area contributed by atoms with Crippen molar-refractivity contribution >= 4 is 29.9 Å². The minimum Gasteiger partial charge on any atom is -0.377 e. The molecule has 25 heavy (non-hydrogen) atoms. The third-order valence-corrected chi connectivity index (χ3v) is 4.50. The largest absolute Gasteiger partial charge is 0.377 e. The lowest BCUT2D eigenvalue weighted by atomic mass is 9.78. The first-order chi connectivity index (χ1) is 11.5. The average Bonchev–Trinajstić information content (AvgIpc) is 3.07. The highest BCUT2D eigenvalue weighted by atomic mass is 127. The van der Waals surface area contributed by atoms with E-state index in [4.69, 9.17) is 4.74 Å². The molecule has 0 saturated carbocycles. The molecule has 2 unspecified atom stereocenters. The summed E-state index contributed by atoms with van der Waals surface area (Å²) in [6.07, 6.45) is 9.35. The maximum absolute atomic E-state index is 6.05. The van der Waals surface area contributed by atoms with Crippen molar-refractivity contribution < 1.29 is 4.74 Å². The predicted octanol–water partition coefficient (Wildman–Crippen LogP) is 2.90. The van der Waals surface area contributed by atoms with Gasteiger partial charge in [0.05, 0.1) is 12.4 Å². The van der Waals surface area contributed by atoms with Crippen LogP contribution in [-0.4, -0.2) is 48.4 Å². The molecule has 2 atom stereocenters. The molecule has 1 aromatic heterocycles. The van der Waals surface area contributed by atoms with Crippen molar-refractivity contribution in [3.63, 3.8) is 0 Å². The van der Waals surface area contributed by atoms with Crippen LogP contribution in [-0.2, 0) is 11.3 Å². The van der Waals surface area contributed by atoms with Crippen molar-refractivity contribution in [2.75, 3.05) is 26.7 Å². The number of aliphatic imine (C=N–C) groups is 1. The lowest BCUT2D eigenvalue weighted by Gasteiger charge is -2.40. The molecule has 1 aliphatic heterocycles. The van der Waals surface area contributed by atoms with Gasteiger partial charge in [-0.1, -0.05) is 20.8 Å². The van der Waals surface area contributed by atoms with E-state index in [-0.39, 0.29) is 29.4 Å². The van der Waals surface area contributed by atoms with E-state index < -0.39 is 0 Å². The number of aryl methyl sites for hydroxylation is 1. The summed E-state index contributed by atoms with van der Waals surface area (Å²) in [4.78, 5) is 8.38. The minimum absolute atomic E-state index is 0. The number of imidazole rings is 1. The third-order valence-electron chi connectivity index (χ3n) is 4.50. The topological polar surface area (TPSA) is 63.5 Å². The van der Waals surface area contributed by atoms with Crippen molar-refractivity contribution in [1.82, 2.24) is 20.2 Å². The summed E-state index contributed by atoms with van der Waals surface area (Å²) in [5.41, 5.74) is 0.175. The lowest BCUT2D eigenvalue weighted by molar-refractivity contribution is -0.0835. The summed E-state index contributed by atoms with van der Waals surface area (Å²) >= 11 is 0. The Morgan fingerprint density at radius 1 is 1.36 bits per heavy atom. The molecule has 0 aromatic carbocycles. The van der Waals surface area contributed by atoms with E-state index in [1.54, 1.807) is 0 Å². The van der Waals surface area contributed by atoms with Crippen molar-refractivity contribution in [3.8, 4) is 0 Å². The van der Waals surface area contributed by atoms with Crippen LogP contribution >= 0.6 is 24.0 Å². The Kier molecular flexibility index (Phi) is 9.78. The highest BCUT2D eigenvalue weighted by molar-refractivity contribution is 14.0. The Morgan fingerprint density at radius 3 is 2.80 bits per heavy atom. The fraction of sp³-hybridized carbons (Fsp3) is 0.778. The van der Waals surface area contributed by atoms with Gasteiger partial charge in [-0.3, -0.25) is 4.99 Å². The SMILES string of the molecule is CN=C(NCCCn1ccnc1)NCC1CCCOC1C(C)(C)C.I. The highest BCUT2D eigenvalue weighted by Gasteiger charge is 2.35. The zero-order valence-corrected chi connectivity index (χ0v) is 18.3. The van der Waals surface area contributed by atoms with Crippen LogP contribution < -0.4 is 10.6 Å². The summed E-state index contributed by atoms with van der Waals surface area (Å²) < 4.78 is 8.14. The van der Waals surface area contributed by atoms with Crippen molar-refractivity contribution in [3.05, 3.63) is 18.7 Å². The zero-order chi connectivity index (χ0) is 17.4. The fourth-order valence-corrected chi connectivity index (χ4v) is 3.35. The number of rotatable bonds is 6. The number of guanidine groups is 1. The van der Waals surface area contributed by atoms with Crippen LogP contribution in [0.25, 0.3) is 0 Å². The molecule has 1 aliphatic rings. The molecular formula is C18H34IN5O. The van der Waals surface area contributed by atoms with Crippen LogP contribution in [0.15, 0.2) is 23.7 Å². The number of ether oxygens (including phenoxy) is 1. The molecular weight excluding hydrogens is 429 g/mol. The van der Waals surface area contributed by atoms with Crippen LogP contribution in [0.2, 0.25) is 0 Å². The normalized spacial score (nSPS) is 21.5. The molecule has 6 nitrogen and oxygen atoms in total. The van der Waals surface area contributed by atoms with Crippen LogP contribution in [0.1, 0.15) is 40.0 Å². The van der Waals surface area contributed by atoms with Crippen LogP contribution in [0.3, 0.4) is 0 Å². The number of nitrogens with one attached hydrogen (secondary N) is 2. The molecule has 1 aromatic rings. The minimum atomic E-state index is 0. The number of hydrogen-bond donors (Lipinski definition) is 2.